The average molecular weight is 355 g/mol. The summed E-state index contributed by atoms with van der Waals surface area (Å²) in [5.74, 6) is 0.645. The lowest BCUT2D eigenvalue weighted by molar-refractivity contribution is -0.136. The summed E-state index contributed by atoms with van der Waals surface area (Å²) in [5.41, 5.74) is 1.44. The predicted octanol–water partition coefficient (Wildman–Crippen LogP) is 3.82. The van der Waals surface area contributed by atoms with Crippen molar-refractivity contribution in [1.29, 1.82) is 0 Å². The lowest BCUT2D eigenvalue weighted by atomic mass is 9.99. The van der Waals surface area contributed by atoms with Crippen molar-refractivity contribution in [1.82, 2.24) is 10.2 Å². The van der Waals surface area contributed by atoms with Crippen molar-refractivity contribution in [3.05, 3.63) is 34.9 Å². The van der Waals surface area contributed by atoms with Gasteiger partial charge in [0.25, 0.3) is 0 Å². The van der Waals surface area contributed by atoms with Gasteiger partial charge in [0, 0.05) is 30.6 Å². The lowest BCUT2D eigenvalue weighted by Crippen LogP contribution is -2.49. The molecule has 2 unspecified atom stereocenters. The molecule has 1 saturated heterocycles. The largest absolute Gasteiger partial charge is 0.333 e. The molecular formula is C18H24Cl2N2O. The third kappa shape index (κ3) is 2.99. The van der Waals surface area contributed by atoms with Crippen LogP contribution in [-0.4, -0.2) is 30.4 Å². The molecule has 126 valence electrons. The number of rotatable bonds is 2. The van der Waals surface area contributed by atoms with E-state index >= 15 is 0 Å². The second-order valence-electron chi connectivity index (χ2n) is 7.10. The van der Waals surface area contributed by atoms with Crippen molar-refractivity contribution in [2.24, 2.45) is 11.3 Å². The molecule has 1 aromatic rings. The van der Waals surface area contributed by atoms with E-state index in [-0.39, 0.29) is 24.4 Å². The van der Waals surface area contributed by atoms with E-state index in [1.54, 1.807) is 0 Å². The van der Waals surface area contributed by atoms with Crippen LogP contribution in [0.15, 0.2) is 24.3 Å². The first kappa shape index (κ1) is 17.1. The van der Waals surface area contributed by atoms with Gasteiger partial charge in [0.05, 0.1) is 6.04 Å². The van der Waals surface area contributed by atoms with Crippen LogP contribution in [0.3, 0.4) is 0 Å². The van der Waals surface area contributed by atoms with Gasteiger partial charge in [-0.1, -0.05) is 42.6 Å². The molecule has 1 aromatic carbocycles. The summed E-state index contributed by atoms with van der Waals surface area (Å²) in [7, 11) is 0. The summed E-state index contributed by atoms with van der Waals surface area (Å²) in [6, 6.07) is 8.01. The number of benzene rings is 1. The molecule has 2 aliphatic carbocycles. The Labute approximate surface area is 149 Å². The Morgan fingerprint density at radius 2 is 2.00 bits per heavy atom. The number of piperazine rings is 1. The van der Waals surface area contributed by atoms with Crippen LogP contribution >= 0.6 is 24.0 Å². The van der Waals surface area contributed by atoms with Gasteiger partial charge in [-0.15, -0.1) is 12.4 Å². The van der Waals surface area contributed by atoms with Crippen molar-refractivity contribution >= 4 is 29.9 Å². The Hall–Kier alpha value is -0.770. The van der Waals surface area contributed by atoms with Crippen LogP contribution in [0.4, 0.5) is 0 Å². The van der Waals surface area contributed by atoms with Crippen LogP contribution in [0.1, 0.15) is 43.7 Å². The molecule has 1 N–H and O–H groups in total. The van der Waals surface area contributed by atoms with E-state index in [1.165, 1.54) is 25.7 Å². The van der Waals surface area contributed by atoms with E-state index in [0.717, 1.165) is 36.6 Å². The fourth-order valence-corrected chi connectivity index (χ4v) is 4.78. The zero-order chi connectivity index (χ0) is 15.2. The Morgan fingerprint density at radius 1 is 1.26 bits per heavy atom. The van der Waals surface area contributed by atoms with Gasteiger partial charge in [0.15, 0.2) is 0 Å². The maximum Gasteiger partial charge on any atom is 0.226 e. The maximum atomic E-state index is 13.1. The molecule has 0 radical (unpaired) electrons. The molecule has 1 heterocycles. The Kier molecular flexibility index (Phi) is 4.91. The normalized spacial score (nSPS) is 28.5. The minimum Gasteiger partial charge on any atom is -0.333 e. The summed E-state index contributed by atoms with van der Waals surface area (Å²) in [4.78, 5) is 15.2. The minimum atomic E-state index is 0. The molecule has 2 atom stereocenters. The number of nitrogens with zero attached hydrogens (tertiary/aromatic N) is 1. The third-order valence-electron chi connectivity index (χ3n) is 5.88. The summed E-state index contributed by atoms with van der Waals surface area (Å²) in [6.07, 6.45) is 6.24. The number of carbonyl (C=O) groups is 1. The molecule has 4 rings (SSSR count). The van der Waals surface area contributed by atoms with E-state index in [0.29, 0.717) is 11.3 Å². The summed E-state index contributed by atoms with van der Waals surface area (Å²) in [6.45, 7) is 2.48. The van der Waals surface area contributed by atoms with E-state index < -0.39 is 0 Å². The van der Waals surface area contributed by atoms with E-state index in [9.17, 15) is 4.79 Å². The number of nitrogens with one attached hydrogen (secondary N) is 1. The van der Waals surface area contributed by atoms with Gasteiger partial charge in [-0.25, -0.2) is 0 Å². The molecule has 3 nitrogen and oxygen atoms in total. The van der Waals surface area contributed by atoms with Gasteiger partial charge in [0.2, 0.25) is 5.91 Å². The van der Waals surface area contributed by atoms with E-state index in [4.69, 9.17) is 11.6 Å². The minimum absolute atomic E-state index is 0. The van der Waals surface area contributed by atoms with Crippen LogP contribution < -0.4 is 5.32 Å². The van der Waals surface area contributed by atoms with Crippen LogP contribution in [-0.2, 0) is 4.79 Å². The molecule has 3 aliphatic rings. The highest BCUT2D eigenvalue weighted by Crippen LogP contribution is 2.63. The molecule has 0 aromatic heterocycles. The first-order chi connectivity index (χ1) is 10.7. The number of carbonyl (C=O) groups excluding carboxylic acids is 1. The molecule has 2 saturated carbocycles. The highest BCUT2D eigenvalue weighted by molar-refractivity contribution is 6.31. The quantitative estimate of drug-likeness (QED) is 0.875. The van der Waals surface area contributed by atoms with Gasteiger partial charge in [0.1, 0.15) is 0 Å². The van der Waals surface area contributed by atoms with Crippen molar-refractivity contribution < 1.29 is 4.79 Å². The van der Waals surface area contributed by atoms with Gasteiger partial charge in [-0.3, -0.25) is 4.79 Å². The van der Waals surface area contributed by atoms with Crippen molar-refractivity contribution in [3.8, 4) is 0 Å². The summed E-state index contributed by atoms with van der Waals surface area (Å²) in [5, 5.41) is 4.18. The molecular weight excluding hydrogens is 331 g/mol. The highest BCUT2D eigenvalue weighted by Gasteiger charge is 2.60. The van der Waals surface area contributed by atoms with Gasteiger partial charge in [-0.2, -0.15) is 0 Å². The third-order valence-corrected chi connectivity index (χ3v) is 6.22. The van der Waals surface area contributed by atoms with Crippen LogP contribution in [0.2, 0.25) is 5.02 Å². The van der Waals surface area contributed by atoms with Crippen molar-refractivity contribution in [2.75, 3.05) is 19.6 Å². The maximum absolute atomic E-state index is 13.1. The average Bonchev–Trinajstić information content (AvgIpc) is 3.04. The van der Waals surface area contributed by atoms with Crippen molar-refractivity contribution in [2.45, 2.75) is 38.1 Å². The first-order valence-corrected chi connectivity index (χ1v) is 8.85. The summed E-state index contributed by atoms with van der Waals surface area (Å²) >= 11 is 6.38. The molecule has 5 heteroatoms. The number of hydrogen-bond donors (Lipinski definition) is 1. The standard InChI is InChI=1S/C18H23ClN2O.ClH/c19-15-6-2-1-5-13(15)16-12-20-9-10-21(16)17(22)14-11-18(14)7-3-4-8-18;/h1-2,5-6,14,16,20H,3-4,7-12H2;1H. The SMILES string of the molecule is Cl.O=C(C1CC12CCCC2)N1CCNCC1c1ccccc1Cl. The lowest BCUT2D eigenvalue weighted by Gasteiger charge is -2.37. The van der Waals surface area contributed by atoms with Gasteiger partial charge >= 0.3 is 0 Å². The molecule has 1 aliphatic heterocycles. The Morgan fingerprint density at radius 3 is 2.74 bits per heavy atom. The Bertz CT molecular complexity index is 586. The highest BCUT2D eigenvalue weighted by atomic mass is 35.5. The predicted molar refractivity (Wildman–Crippen MR) is 95.0 cm³/mol. The molecule has 1 amide bonds. The van der Waals surface area contributed by atoms with E-state index in [2.05, 4.69) is 16.3 Å². The van der Waals surface area contributed by atoms with Crippen LogP contribution in [0, 0.1) is 11.3 Å². The molecule has 3 fully saturated rings. The summed E-state index contributed by atoms with van der Waals surface area (Å²) < 4.78 is 0. The van der Waals surface area contributed by atoms with Gasteiger partial charge < -0.3 is 10.2 Å². The smallest absolute Gasteiger partial charge is 0.226 e. The number of halogens is 2. The molecule has 1 spiro atoms. The number of amides is 1. The Balaban J connectivity index is 0.00000156. The van der Waals surface area contributed by atoms with Crippen molar-refractivity contribution in [3.63, 3.8) is 0 Å². The van der Waals surface area contributed by atoms with E-state index in [1.807, 2.05) is 18.2 Å². The fraction of sp³-hybridized carbons (Fsp3) is 0.611. The first-order valence-electron chi connectivity index (χ1n) is 8.47. The monoisotopic (exact) mass is 354 g/mol. The number of hydrogen-bond acceptors (Lipinski definition) is 2. The molecule has 23 heavy (non-hydrogen) atoms. The second-order valence-corrected chi connectivity index (χ2v) is 7.51. The molecule has 0 bridgehead atoms. The van der Waals surface area contributed by atoms with Crippen LogP contribution in [0.25, 0.3) is 0 Å². The zero-order valence-electron chi connectivity index (χ0n) is 13.3. The topological polar surface area (TPSA) is 32.3 Å². The zero-order valence-corrected chi connectivity index (χ0v) is 14.8. The second kappa shape index (κ2) is 6.62. The fourth-order valence-electron chi connectivity index (χ4n) is 4.52. The van der Waals surface area contributed by atoms with Gasteiger partial charge in [-0.05, 0) is 36.3 Å². The van der Waals surface area contributed by atoms with Crippen LogP contribution in [0.5, 0.6) is 0 Å².